The summed E-state index contributed by atoms with van der Waals surface area (Å²) in [6, 6.07) is 13.7. The molecule has 0 N–H and O–H groups in total. The number of hydrogen-bond donors (Lipinski definition) is 0. The first-order valence-corrected chi connectivity index (χ1v) is 10.9. The van der Waals surface area contributed by atoms with Gasteiger partial charge in [-0.15, -0.1) is 10.2 Å². The number of nitrogens with zero attached hydrogens (tertiary/aromatic N) is 3. The van der Waals surface area contributed by atoms with E-state index >= 15 is 0 Å². The molecule has 0 radical (unpaired) electrons. The second-order valence-electron chi connectivity index (χ2n) is 6.71. The molecule has 0 spiro atoms. The molecule has 1 aliphatic rings. The normalized spacial score (nSPS) is 16.3. The monoisotopic (exact) mass is 433 g/mol. The lowest BCUT2D eigenvalue weighted by molar-refractivity contribution is 0.0953. The number of ether oxygens (including phenoxy) is 2. The van der Waals surface area contributed by atoms with E-state index in [4.69, 9.17) is 21.1 Å². The van der Waals surface area contributed by atoms with Crippen LogP contribution in [-0.4, -0.2) is 39.8 Å². The van der Waals surface area contributed by atoms with Crippen LogP contribution in [0.4, 0.5) is 4.39 Å². The van der Waals surface area contributed by atoms with Gasteiger partial charge in [0.2, 0.25) is 0 Å². The Hall–Kier alpha value is -2.09. The van der Waals surface area contributed by atoms with Crippen LogP contribution in [0.15, 0.2) is 53.7 Å². The Morgan fingerprint density at radius 1 is 1.21 bits per heavy atom. The van der Waals surface area contributed by atoms with Gasteiger partial charge in [-0.25, -0.2) is 4.39 Å². The van der Waals surface area contributed by atoms with E-state index in [0.29, 0.717) is 23.9 Å². The average molecular weight is 434 g/mol. The maximum atomic E-state index is 13.3. The summed E-state index contributed by atoms with van der Waals surface area (Å²) in [4.78, 5) is 0. The van der Waals surface area contributed by atoms with Gasteiger partial charge in [-0.3, -0.25) is 4.57 Å². The fourth-order valence-electron chi connectivity index (χ4n) is 3.21. The van der Waals surface area contributed by atoms with E-state index in [1.807, 2.05) is 18.2 Å². The number of rotatable bonds is 8. The van der Waals surface area contributed by atoms with Crippen molar-refractivity contribution < 1.29 is 13.9 Å². The van der Waals surface area contributed by atoms with Gasteiger partial charge in [0.05, 0.1) is 19.3 Å². The molecular weight excluding hydrogens is 413 g/mol. The fourth-order valence-corrected chi connectivity index (χ4v) is 4.16. The maximum absolute atomic E-state index is 13.3. The molecule has 2 heterocycles. The van der Waals surface area contributed by atoms with Crippen LogP contribution in [0.1, 0.15) is 12.8 Å². The predicted molar refractivity (Wildman–Crippen MR) is 112 cm³/mol. The van der Waals surface area contributed by atoms with Gasteiger partial charge >= 0.3 is 0 Å². The second kappa shape index (κ2) is 9.61. The molecule has 0 amide bonds. The molecule has 2 aromatic carbocycles. The summed E-state index contributed by atoms with van der Waals surface area (Å²) in [5.74, 6) is 1.90. The summed E-state index contributed by atoms with van der Waals surface area (Å²) in [6.07, 6.45) is 2.23. The highest BCUT2D eigenvalue weighted by molar-refractivity contribution is 7.99. The molecule has 1 atom stereocenters. The van der Waals surface area contributed by atoms with Crippen molar-refractivity contribution in [3.63, 3.8) is 0 Å². The largest absolute Gasteiger partial charge is 0.493 e. The Morgan fingerprint density at radius 2 is 2.07 bits per heavy atom. The van der Waals surface area contributed by atoms with Gasteiger partial charge in [0, 0.05) is 22.9 Å². The number of thioether (sulfide) groups is 1. The number of benzene rings is 2. The molecule has 1 fully saturated rings. The lowest BCUT2D eigenvalue weighted by Gasteiger charge is -2.15. The SMILES string of the molecule is Fc1ccc(-c2nnc(SCCOc3cccc(Cl)c3)n2CC2CCCO2)cc1. The Kier molecular flexibility index (Phi) is 6.69. The first kappa shape index (κ1) is 20.2. The van der Waals surface area contributed by atoms with E-state index in [2.05, 4.69) is 14.8 Å². The van der Waals surface area contributed by atoms with Crippen LogP contribution in [0.5, 0.6) is 5.75 Å². The van der Waals surface area contributed by atoms with E-state index in [1.165, 1.54) is 12.1 Å². The molecule has 1 aromatic heterocycles. The van der Waals surface area contributed by atoms with E-state index < -0.39 is 0 Å². The molecule has 8 heteroatoms. The van der Waals surface area contributed by atoms with Crippen LogP contribution in [0.25, 0.3) is 11.4 Å². The highest BCUT2D eigenvalue weighted by Gasteiger charge is 2.21. The van der Waals surface area contributed by atoms with Crippen molar-refractivity contribution in [1.29, 1.82) is 0 Å². The smallest absolute Gasteiger partial charge is 0.191 e. The summed E-state index contributed by atoms with van der Waals surface area (Å²) in [7, 11) is 0. The van der Waals surface area contributed by atoms with E-state index in [-0.39, 0.29) is 11.9 Å². The zero-order valence-corrected chi connectivity index (χ0v) is 17.3. The third kappa shape index (κ3) is 5.29. The van der Waals surface area contributed by atoms with Crippen molar-refractivity contribution in [3.05, 3.63) is 59.4 Å². The standard InChI is InChI=1S/C21H21ClFN3O2S/c22-16-3-1-4-18(13-16)28-11-12-29-21-25-24-20(15-6-8-17(23)9-7-15)26(21)14-19-5-2-10-27-19/h1,3-4,6-9,13,19H,2,5,10-12,14H2. The Balaban J connectivity index is 1.45. The van der Waals surface area contributed by atoms with Gasteiger partial charge < -0.3 is 9.47 Å². The van der Waals surface area contributed by atoms with Crippen molar-refractivity contribution in [2.75, 3.05) is 19.0 Å². The zero-order chi connectivity index (χ0) is 20.1. The van der Waals surface area contributed by atoms with Gasteiger partial charge in [-0.05, 0) is 55.3 Å². The molecule has 1 saturated heterocycles. The summed E-state index contributed by atoms with van der Waals surface area (Å²) < 4.78 is 26.9. The minimum Gasteiger partial charge on any atom is -0.493 e. The minimum absolute atomic E-state index is 0.146. The summed E-state index contributed by atoms with van der Waals surface area (Å²) >= 11 is 7.56. The minimum atomic E-state index is -0.272. The Labute approximate surface area is 178 Å². The van der Waals surface area contributed by atoms with Crippen LogP contribution < -0.4 is 4.74 Å². The Morgan fingerprint density at radius 3 is 2.83 bits per heavy atom. The van der Waals surface area contributed by atoms with Crippen LogP contribution >= 0.6 is 23.4 Å². The molecule has 4 rings (SSSR count). The summed E-state index contributed by atoms with van der Waals surface area (Å²) in [6.45, 7) is 1.98. The lowest BCUT2D eigenvalue weighted by atomic mass is 10.2. The topological polar surface area (TPSA) is 49.2 Å². The van der Waals surface area contributed by atoms with Gasteiger partial charge in [0.25, 0.3) is 0 Å². The fraction of sp³-hybridized carbons (Fsp3) is 0.333. The first-order chi connectivity index (χ1) is 14.2. The average Bonchev–Trinajstić information content (AvgIpc) is 3.37. The lowest BCUT2D eigenvalue weighted by Crippen LogP contribution is -2.17. The predicted octanol–water partition coefficient (Wildman–Crippen LogP) is 5.09. The van der Waals surface area contributed by atoms with Crippen molar-refractivity contribution in [1.82, 2.24) is 14.8 Å². The summed E-state index contributed by atoms with van der Waals surface area (Å²) in [5, 5.41) is 10.2. The van der Waals surface area contributed by atoms with E-state index in [9.17, 15) is 4.39 Å². The van der Waals surface area contributed by atoms with E-state index in [0.717, 1.165) is 41.7 Å². The molecule has 0 bridgehead atoms. The number of halogens is 2. The molecule has 0 saturated carbocycles. The zero-order valence-electron chi connectivity index (χ0n) is 15.8. The second-order valence-corrected chi connectivity index (χ2v) is 8.21. The van der Waals surface area contributed by atoms with E-state index in [1.54, 1.807) is 30.0 Å². The van der Waals surface area contributed by atoms with Crippen molar-refractivity contribution >= 4 is 23.4 Å². The summed E-state index contributed by atoms with van der Waals surface area (Å²) in [5.41, 5.74) is 0.832. The molecule has 3 aromatic rings. The van der Waals surface area contributed by atoms with Crippen LogP contribution in [0, 0.1) is 5.82 Å². The molecular formula is C21H21ClFN3O2S. The number of aromatic nitrogens is 3. The third-order valence-electron chi connectivity index (χ3n) is 4.61. The molecule has 1 aliphatic heterocycles. The maximum Gasteiger partial charge on any atom is 0.191 e. The molecule has 5 nitrogen and oxygen atoms in total. The molecule has 0 aliphatic carbocycles. The van der Waals surface area contributed by atoms with Crippen molar-refractivity contribution in [2.24, 2.45) is 0 Å². The third-order valence-corrected chi connectivity index (χ3v) is 5.77. The van der Waals surface area contributed by atoms with Crippen molar-refractivity contribution in [2.45, 2.75) is 30.6 Å². The van der Waals surface area contributed by atoms with Gasteiger partial charge in [0.15, 0.2) is 11.0 Å². The highest BCUT2D eigenvalue weighted by atomic mass is 35.5. The quantitative estimate of drug-likeness (QED) is 0.366. The van der Waals surface area contributed by atoms with Gasteiger partial charge in [-0.1, -0.05) is 29.4 Å². The highest BCUT2D eigenvalue weighted by Crippen LogP contribution is 2.27. The molecule has 1 unspecified atom stereocenters. The molecule has 29 heavy (non-hydrogen) atoms. The van der Waals surface area contributed by atoms with Crippen LogP contribution in [0.3, 0.4) is 0 Å². The number of hydrogen-bond acceptors (Lipinski definition) is 5. The van der Waals surface area contributed by atoms with Crippen molar-refractivity contribution in [3.8, 4) is 17.1 Å². The van der Waals surface area contributed by atoms with Crippen LogP contribution in [-0.2, 0) is 11.3 Å². The Bertz CT molecular complexity index is 945. The van der Waals surface area contributed by atoms with Gasteiger partial charge in [-0.2, -0.15) is 0 Å². The van der Waals surface area contributed by atoms with Gasteiger partial charge in [0.1, 0.15) is 11.6 Å². The molecule has 152 valence electrons. The first-order valence-electron chi connectivity index (χ1n) is 9.51. The van der Waals surface area contributed by atoms with Crippen LogP contribution in [0.2, 0.25) is 5.02 Å².